The molecule has 4 rings (SSSR count). The average molecular weight is 446 g/mol. The van der Waals surface area contributed by atoms with Crippen LogP contribution in [0.3, 0.4) is 0 Å². The van der Waals surface area contributed by atoms with E-state index in [1.165, 1.54) is 4.90 Å². The highest BCUT2D eigenvalue weighted by Gasteiger charge is 2.42. The van der Waals surface area contributed by atoms with Gasteiger partial charge in [0, 0.05) is 5.39 Å². The third kappa shape index (κ3) is 3.97. The van der Waals surface area contributed by atoms with Gasteiger partial charge in [-0.05, 0) is 48.9 Å². The molecular weight excluding hydrogens is 418 g/mol. The molecule has 0 bridgehead atoms. The Morgan fingerprint density at radius 3 is 2.15 bits per heavy atom. The Morgan fingerprint density at radius 1 is 0.848 bits per heavy atom. The average Bonchev–Trinajstić information content (AvgIpc) is 3.07. The van der Waals surface area contributed by atoms with E-state index in [0.717, 1.165) is 28.3 Å². The molecule has 1 aliphatic heterocycles. The fourth-order valence-electron chi connectivity index (χ4n) is 4.41. The summed E-state index contributed by atoms with van der Waals surface area (Å²) in [6, 6.07) is 14.6. The molecule has 2 amide bonds. The van der Waals surface area contributed by atoms with Gasteiger partial charge in [-0.25, -0.2) is 4.90 Å². The smallest absolute Gasteiger partial charge is 0.310 e. The van der Waals surface area contributed by atoms with Crippen molar-refractivity contribution >= 4 is 34.2 Å². The lowest BCUT2D eigenvalue weighted by Gasteiger charge is -2.15. The summed E-state index contributed by atoms with van der Waals surface area (Å²) in [5.41, 5.74) is 2.86. The van der Waals surface area contributed by atoms with E-state index in [4.69, 9.17) is 9.47 Å². The molecule has 0 fully saturated rings. The molecular formula is C27H27NO5. The second-order valence-electron chi connectivity index (χ2n) is 7.88. The minimum atomic E-state index is -0.389. The zero-order valence-corrected chi connectivity index (χ0v) is 19.1. The highest BCUT2D eigenvalue weighted by molar-refractivity contribution is 6.37. The SMILES string of the molecule is CCCc1c2c(c(OCC)c3ccccc13)C(=O)N(c1ccc(CC(=O)OCC)cc1)C2=O. The molecule has 0 saturated heterocycles. The minimum absolute atomic E-state index is 0.136. The van der Waals surface area contributed by atoms with Crippen LogP contribution in [0.5, 0.6) is 5.75 Å². The summed E-state index contributed by atoms with van der Waals surface area (Å²) in [6.45, 7) is 6.38. The van der Waals surface area contributed by atoms with E-state index in [2.05, 4.69) is 6.92 Å². The van der Waals surface area contributed by atoms with Gasteiger partial charge in [-0.15, -0.1) is 0 Å². The second kappa shape index (κ2) is 9.45. The maximum absolute atomic E-state index is 13.6. The lowest BCUT2D eigenvalue weighted by atomic mass is 9.91. The molecule has 0 spiro atoms. The number of hydrogen-bond donors (Lipinski definition) is 0. The Kier molecular flexibility index (Phi) is 6.45. The molecule has 3 aromatic carbocycles. The number of esters is 1. The maximum Gasteiger partial charge on any atom is 0.310 e. The fourth-order valence-corrected chi connectivity index (χ4v) is 4.41. The van der Waals surface area contributed by atoms with Gasteiger partial charge in [0.15, 0.2) is 0 Å². The molecule has 33 heavy (non-hydrogen) atoms. The van der Waals surface area contributed by atoms with E-state index in [-0.39, 0.29) is 24.2 Å². The third-order valence-electron chi connectivity index (χ3n) is 5.75. The zero-order chi connectivity index (χ0) is 23.5. The number of benzene rings is 3. The van der Waals surface area contributed by atoms with Gasteiger partial charge < -0.3 is 9.47 Å². The predicted octanol–water partition coefficient (Wildman–Crippen LogP) is 5.10. The Labute approximate surface area is 193 Å². The van der Waals surface area contributed by atoms with Gasteiger partial charge in [-0.3, -0.25) is 14.4 Å². The van der Waals surface area contributed by atoms with E-state index in [0.29, 0.717) is 42.2 Å². The first kappa shape index (κ1) is 22.5. The summed E-state index contributed by atoms with van der Waals surface area (Å²) in [4.78, 5) is 40.2. The molecule has 0 unspecified atom stereocenters. The molecule has 0 aliphatic carbocycles. The molecule has 6 heteroatoms. The predicted molar refractivity (Wildman–Crippen MR) is 127 cm³/mol. The van der Waals surface area contributed by atoms with Crippen molar-refractivity contribution in [2.24, 2.45) is 0 Å². The number of nitrogens with zero attached hydrogens (tertiary/aromatic N) is 1. The number of anilines is 1. The van der Waals surface area contributed by atoms with Crippen molar-refractivity contribution in [3.05, 3.63) is 70.8 Å². The third-order valence-corrected chi connectivity index (χ3v) is 5.75. The first-order chi connectivity index (χ1) is 16.0. The van der Waals surface area contributed by atoms with Gasteiger partial charge in [-0.1, -0.05) is 49.7 Å². The normalized spacial score (nSPS) is 12.9. The van der Waals surface area contributed by atoms with E-state index in [1.807, 2.05) is 31.2 Å². The van der Waals surface area contributed by atoms with Crippen LogP contribution in [-0.4, -0.2) is 31.0 Å². The van der Waals surface area contributed by atoms with Crippen molar-refractivity contribution in [2.75, 3.05) is 18.1 Å². The second-order valence-corrected chi connectivity index (χ2v) is 7.88. The van der Waals surface area contributed by atoms with E-state index >= 15 is 0 Å². The number of ether oxygens (including phenoxy) is 2. The molecule has 0 saturated carbocycles. The van der Waals surface area contributed by atoms with E-state index in [1.54, 1.807) is 31.2 Å². The van der Waals surface area contributed by atoms with Gasteiger partial charge in [0.05, 0.1) is 36.4 Å². The number of carbonyl (C=O) groups excluding carboxylic acids is 3. The van der Waals surface area contributed by atoms with Gasteiger partial charge in [0.1, 0.15) is 5.75 Å². The Morgan fingerprint density at radius 2 is 1.52 bits per heavy atom. The maximum atomic E-state index is 13.6. The Bertz CT molecular complexity index is 1160. The van der Waals surface area contributed by atoms with Gasteiger partial charge in [-0.2, -0.15) is 0 Å². The summed E-state index contributed by atoms with van der Waals surface area (Å²) in [7, 11) is 0. The largest absolute Gasteiger partial charge is 0.492 e. The molecule has 3 aromatic rings. The first-order valence-corrected chi connectivity index (χ1v) is 11.3. The summed E-state index contributed by atoms with van der Waals surface area (Å²) >= 11 is 0. The van der Waals surface area contributed by atoms with Crippen LogP contribution in [0, 0.1) is 0 Å². The number of hydrogen-bond acceptors (Lipinski definition) is 5. The summed E-state index contributed by atoms with van der Waals surface area (Å²) in [5.74, 6) is -0.589. The van der Waals surface area contributed by atoms with Crippen molar-refractivity contribution in [3.63, 3.8) is 0 Å². The topological polar surface area (TPSA) is 72.9 Å². The van der Waals surface area contributed by atoms with Gasteiger partial charge >= 0.3 is 5.97 Å². The lowest BCUT2D eigenvalue weighted by molar-refractivity contribution is -0.142. The molecule has 6 nitrogen and oxygen atoms in total. The standard InChI is InChI=1S/C27H27NO5/c1-4-9-20-19-10-7-8-11-21(19)25(33-6-3)24-23(20)26(30)28(27(24)31)18-14-12-17(13-15-18)16-22(29)32-5-2/h7-8,10-15H,4-6,9,16H2,1-3H3. The number of rotatable bonds is 8. The summed E-state index contributed by atoms with van der Waals surface area (Å²) in [6.07, 6.45) is 1.66. The van der Waals surface area contributed by atoms with E-state index in [9.17, 15) is 14.4 Å². The minimum Gasteiger partial charge on any atom is -0.492 e. The van der Waals surface area contributed by atoms with Crippen LogP contribution >= 0.6 is 0 Å². The molecule has 0 N–H and O–H groups in total. The Hall–Kier alpha value is -3.67. The van der Waals surface area contributed by atoms with Crippen LogP contribution in [0.25, 0.3) is 10.8 Å². The zero-order valence-electron chi connectivity index (χ0n) is 19.1. The molecule has 170 valence electrons. The Balaban J connectivity index is 1.81. The lowest BCUT2D eigenvalue weighted by Crippen LogP contribution is -2.29. The van der Waals surface area contributed by atoms with Crippen LogP contribution in [0.2, 0.25) is 0 Å². The molecule has 0 radical (unpaired) electrons. The van der Waals surface area contributed by atoms with Crippen LogP contribution < -0.4 is 9.64 Å². The fraction of sp³-hybridized carbons (Fsp3) is 0.296. The van der Waals surface area contributed by atoms with Crippen molar-refractivity contribution in [3.8, 4) is 5.75 Å². The number of fused-ring (bicyclic) bond motifs is 2. The van der Waals surface area contributed by atoms with Gasteiger partial charge in [0.2, 0.25) is 0 Å². The number of aryl methyl sites for hydroxylation is 1. The van der Waals surface area contributed by atoms with Crippen LogP contribution in [0.1, 0.15) is 59.0 Å². The summed E-state index contributed by atoms with van der Waals surface area (Å²) in [5, 5.41) is 1.78. The number of amides is 2. The van der Waals surface area contributed by atoms with Crippen molar-refractivity contribution in [1.29, 1.82) is 0 Å². The first-order valence-electron chi connectivity index (χ1n) is 11.3. The van der Waals surface area contributed by atoms with Crippen LogP contribution in [-0.2, 0) is 22.4 Å². The summed E-state index contributed by atoms with van der Waals surface area (Å²) < 4.78 is 10.9. The van der Waals surface area contributed by atoms with Crippen LogP contribution in [0.4, 0.5) is 5.69 Å². The highest BCUT2D eigenvalue weighted by atomic mass is 16.5. The van der Waals surface area contributed by atoms with Crippen molar-refractivity contribution in [2.45, 2.75) is 40.0 Å². The monoisotopic (exact) mass is 445 g/mol. The van der Waals surface area contributed by atoms with Crippen LogP contribution in [0.15, 0.2) is 48.5 Å². The highest BCUT2D eigenvalue weighted by Crippen LogP contribution is 2.42. The molecule has 0 atom stereocenters. The van der Waals surface area contributed by atoms with Crippen molar-refractivity contribution < 1.29 is 23.9 Å². The van der Waals surface area contributed by atoms with Gasteiger partial charge in [0.25, 0.3) is 11.8 Å². The van der Waals surface area contributed by atoms with Crippen molar-refractivity contribution in [1.82, 2.24) is 0 Å². The quantitative estimate of drug-likeness (QED) is 0.356. The van der Waals surface area contributed by atoms with E-state index < -0.39 is 0 Å². The molecule has 1 aliphatic rings. The number of carbonyl (C=O) groups is 3. The molecule has 1 heterocycles. The molecule has 0 aromatic heterocycles. The number of imide groups is 1.